The average molecular weight is 268 g/mol. The number of piperazine rings is 1. The van der Waals surface area contributed by atoms with E-state index in [0.717, 1.165) is 0 Å². The van der Waals surface area contributed by atoms with Crippen molar-refractivity contribution in [3.63, 3.8) is 0 Å². The summed E-state index contributed by atoms with van der Waals surface area (Å²) in [6.07, 6.45) is 1.21. The maximum absolute atomic E-state index is 12.1. The van der Waals surface area contributed by atoms with Crippen LogP contribution in [0.4, 0.5) is 0 Å². The molecule has 0 unspecified atom stereocenters. The summed E-state index contributed by atoms with van der Waals surface area (Å²) in [5.74, 6) is 1.22. The topological polar surface area (TPSA) is 40.6 Å². The van der Waals surface area contributed by atoms with Gasteiger partial charge in [0.2, 0.25) is 11.8 Å². The molecule has 0 N–H and O–H groups in total. The molecule has 110 valence electrons. The quantitative estimate of drug-likeness (QED) is 0.784. The van der Waals surface area contributed by atoms with Crippen molar-refractivity contribution >= 4 is 11.8 Å². The first kappa shape index (κ1) is 16.0. The Kier molecular flexibility index (Phi) is 5.83. The molecular weight excluding hydrogens is 240 g/mol. The fraction of sp³-hybridized carbons (Fsp3) is 0.867. The molecule has 2 amide bonds. The van der Waals surface area contributed by atoms with Gasteiger partial charge in [-0.25, -0.2) is 0 Å². The van der Waals surface area contributed by atoms with Gasteiger partial charge in [-0.15, -0.1) is 0 Å². The molecular formula is C15H28N2O2. The van der Waals surface area contributed by atoms with E-state index in [1.165, 1.54) is 0 Å². The zero-order chi connectivity index (χ0) is 14.6. The van der Waals surface area contributed by atoms with Gasteiger partial charge >= 0.3 is 0 Å². The molecule has 1 aliphatic rings. The minimum atomic E-state index is 0.135. The molecule has 0 bridgehead atoms. The minimum Gasteiger partial charge on any atom is -0.339 e. The van der Waals surface area contributed by atoms with Crippen LogP contribution in [-0.2, 0) is 9.59 Å². The SMILES string of the molecule is CC(C)CC(=O)N1CCN(C(=O)CC(C)C)[C@@H](C)C1. The molecule has 0 aromatic rings. The lowest BCUT2D eigenvalue weighted by atomic mass is 10.1. The van der Waals surface area contributed by atoms with Gasteiger partial charge in [-0.3, -0.25) is 9.59 Å². The van der Waals surface area contributed by atoms with E-state index in [1.54, 1.807) is 0 Å². The van der Waals surface area contributed by atoms with E-state index >= 15 is 0 Å². The second-order valence-electron chi connectivity index (χ2n) is 6.47. The molecule has 1 heterocycles. The largest absolute Gasteiger partial charge is 0.339 e. The van der Waals surface area contributed by atoms with Crippen molar-refractivity contribution in [1.29, 1.82) is 0 Å². The summed E-state index contributed by atoms with van der Waals surface area (Å²) in [6.45, 7) is 12.3. The highest BCUT2D eigenvalue weighted by molar-refractivity contribution is 5.79. The zero-order valence-corrected chi connectivity index (χ0v) is 13.0. The summed E-state index contributed by atoms with van der Waals surface area (Å²) in [4.78, 5) is 28.0. The van der Waals surface area contributed by atoms with Crippen LogP contribution in [-0.4, -0.2) is 47.3 Å². The first-order valence-corrected chi connectivity index (χ1v) is 7.38. The van der Waals surface area contributed by atoms with Gasteiger partial charge in [0.15, 0.2) is 0 Å². The molecule has 4 nitrogen and oxygen atoms in total. The smallest absolute Gasteiger partial charge is 0.223 e. The van der Waals surface area contributed by atoms with Crippen LogP contribution >= 0.6 is 0 Å². The average Bonchev–Trinajstić information content (AvgIpc) is 2.26. The molecule has 1 atom stereocenters. The van der Waals surface area contributed by atoms with Gasteiger partial charge in [-0.2, -0.15) is 0 Å². The van der Waals surface area contributed by atoms with Crippen LogP contribution in [0, 0.1) is 11.8 Å². The summed E-state index contributed by atoms with van der Waals surface area (Å²) in [7, 11) is 0. The van der Waals surface area contributed by atoms with Gasteiger partial charge in [0, 0.05) is 38.5 Å². The van der Waals surface area contributed by atoms with E-state index in [-0.39, 0.29) is 17.9 Å². The lowest BCUT2D eigenvalue weighted by Gasteiger charge is -2.40. The Morgan fingerprint density at radius 3 is 2.00 bits per heavy atom. The molecule has 0 aromatic heterocycles. The number of nitrogens with zero attached hydrogens (tertiary/aromatic N) is 2. The highest BCUT2D eigenvalue weighted by Crippen LogP contribution is 2.15. The molecule has 0 radical (unpaired) electrons. The lowest BCUT2D eigenvalue weighted by Crippen LogP contribution is -2.55. The Bertz CT molecular complexity index is 326. The van der Waals surface area contributed by atoms with Crippen molar-refractivity contribution in [2.75, 3.05) is 19.6 Å². The zero-order valence-electron chi connectivity index (χ0n) is 13.0. The first-order chi connectivity index (χ1) is 8.81. The summed E-state index contributed by atoms with van der Waals surface area (Å²) >= 11 is 0. The highest BCUT2D eigenvalue weighted by Gasteiger charge is 2.29. The number of amides is 2. The molecule has 1 aliphatic heterocycles. The van der Waals surface area contributed by atoms with Crippen LogP contribution in [0.2, 0.25) is 0 Å². The molecule has 1 rings (SSSR count). The normalized spacial score (nSPS) is 20.3. The minimum absolute atomic E-state index is 0.135. The van der Waals surface area contributed by atoms with E-state index in [9.17, 15) is 9.59 Å². The molecule has 1 fully saturated rings. The highest BCUT2D eigenvalue weighted by atomic mass is 16.2. The van der Waals surface area contributed by atoms with E-state index in [2.05, 4.69) is 27.7 Å². The monoisotopic (exact) mass is 268 g/mol. The third kappa shape index (κ3) is 4.84. The second-order valence-corrected chi connectivity index (χ2v) is 6.47. The van der Waals surface area contributed by atoms with E-state index in [1.807, 2.05) is 16.7 Å². The van der Waals surface area contributed by atoms with Gasteiger partial charge < -0.3 is 9.80 Å². The Morgan fingerprint density at radius 2 is 1.53 bits per heavy atom. The van der Waals surface area contributed by atoms with Crippen molar-refractivity contribution in [2.45, 2.75) is 53.5 Å². The summed E-state index contributed by atoms with van der Waals surface area (Å²) in [6, 6.07) is 0.135. The number of hydrogen-bond acceptors (Lipinski definition) is 2. The van der Waals surface area contributed by atoms with E-state index < -0.39 is 0 Å². The number of carbonyl (C=O) groups is 2. The molecule has 0 aromatic carbocycles. The Labute approximate surface area is 117 Å². The van der Waals surface area contributed by atoms with E-state index in [4.69, 9.17) is 0 Å². The van der Waals surface area contributed by atoms with Gasteiger partial charge in [0.05, 0.1) is 0 Å². The van der Waals surface area contributed by atoms with Crippen LogP contribution < -0.4 is 0 Å². The molecule has 0 spiro atoms. The van der Waals surface area contributed by atoms with Gasteiger partial charge in [0.25, 0.3) is 0 Å². The van der Waals surface area contributed by atoms with Gasteiger partial charge in [-0.05, 0) is 18.8 Å². The third-order valence-electron chi connectivity index (χ3n) is 3.47. The number of rotatable bonds is 4. The maximum Gasteiger partial charge on any atom is 0.223 e. The Morgan fingerprint density at radius 1 is 1.00 bits per heavy atom. The molecule has 4 heteroatoms. The van der Waals surface area contributed by atoms with Gasteiger partial charge in [-0.1, -0.05) is 27.7 Å². The fourth-order valence-electron chi connectivity index (χ4n) is 2.50. The standard InChI is InChI=1S/C15H28N2O2/c1-11(2)8-14(18)16-6-7-17(13(5)10-16)15(19)9-12(3)4/h11-13H,6-10H2,1-5H3/t13-/m0/s1. The number of carbonyl (C=O) groups excluding carboxylic acids is 2. The maximum atomic E-state index is 12.1. The molecule has 0 saturated carbocycles. The predicted octanol–water partition coefficient (Wildman–Crippen LogP) is 2.14. The Balaban J connectivity index is 2.51. The van der Waals surface area contributed by atoms with Crippen LogP contribution in [0.5, 0.6) is 0 Å². The fourth-order valence-corrected chi connectivity index (χ4v) is 2.50. The van der Waals surface area contributed by atoms with Crippen LogP contribution in [0.3, 0.4) is 0 Å². The second kappa shape index (κ2) is 6.92. The first-order valence-electron chi connectivity index (χ1n) is 7.38. The van der Waals surface area contributed by atoms with Crippen molar-refractivity contribution in [3.8, 4) is 0 Å². The van der Waals surface area contributed by atoms with Gasteiger partial charge in [0.1, 0.15) is 0 Å². The molecule has 1 saturated heterocycles. The molecule has 0 aliphatic carbocycles. The van der Waals surface area contributed by atoms with Crippen molar-refractivity contribution in [2.24, 2.45) is 11.8 Å². The van der Waals surface area contributed by atoms with Crippen LogP contribution in [0.25, 0.3) is 0 Å². The van der Waals surface area contributed by atoms with Crippen LogP contribution in [0.1, 0.15) is 47.5 Å². The van der Waals surface area contributed by atoms with Crippen molar-refractivity contribution < 1.29 is 9.59 Å². The van der Waals surface area contributed by atoms with Crippen molar-refractivity contribution in [1.82, 2.24) is 9.80 Å². The lowest BCUT2D eigenvalue weighted by molar-refractivity contribution is -0.143. The van der Waals surface area contributed by atoms with Crippen molar-refractivity contribution in [3.05, 3.63) is 0 Å². The Hall–Kier alpha value is -1.06. The van der Waals surface area contributed by atoms with Crippen LogP contribution in [0.15, 0.2) is 0 Å². The summed E-state index contributed by atoms with van der Waals surface area (Å²) in [5, 5.41) is 0. The van der Waals surface area contributed by atoms with E-state index in [0.29, 0.717) is 44.3 Å². The molecule has 19 heavy (non-hydrogen) atoms. The predicted molar refractivity (Wildman–Crippen MR) is 76.7 cm³/mol. The third-order valence-corrected chi connectivity index (χ3v) is 3.47. The number of hydrogen-bond donors (Lipinski definition) is 0. The summed E-state index contributed by atoms with van der Waals surface area (Å²) in [5.41, 5.74) is 0. The summed E-state index contributed by atoms with van der Waals surface area (Å²) < 4.78 is 0.